The van der Waals surface area contributed by atoms with Crippen molar-refractivity contribution in [3.63, 3.8) is 0 Å². The summed E-state index contributed by atoms with van der Waals surface area (Å²) in [4.78, 5) is 28.7. The Morgan fingerprint density at radius 1 is 0.821 bits per heavy atom. The fourth-order valence-corrected chi connectivity index (χ4v) is 7.92. The number of anilines is 2. The zero-order chi connectivity index (χ0) is 26.8. The topological polar surface area (TPSA) is 90.6 Å². The molecule has 0 aliphatic carbocycles. The second-order valence-electron chi connectivity index (χ2n) is 9.64. The molecule has 0 amide bonds. The summed E-state index contributed by atoms with van der Waals surface area (Å²) in [6.45, 7) is 3.98. The number of halogens is 2. The number of aromatic hydroxyl groups is 1. The van der Waals surface area contributed by atoms with Crippen LogP contribution in [-0.4, -0.2) is 57.4 Å². The molecule has 2 aromatic heterocycles. The molecule has 0 saturated carbocycles. The monoisotopic (exact) mass is 687 g/mol. The molecule has 6 rings (SSSR count). The van der Waals surface area contributed by atoms with Crippen LogP contribution in [0.3, 0.4) is 0 Å². The minimum Gasteiger partial charge on any atom is -0.506 e. The molecule has 0 unspecified atom stereocenters. The van der Waals surface area contributed by atoms with Crippen molar-refractivity contribution in [2.75, 3.05) is 36.0 Å². The molecule has 2 saturated heterocycles. The lowest BCUT2D eigenvalue weighted by atomic mass is 10.1. The number of aliphatic imine (C=N–C) groups is 1. The van der Waals surface area contributed by atoms with Gasteiger partial charge in [-0.2, -0.15) is 15.0 Å². The highest BCUT2D eigenvalue weighted by Crippen LogP contribution is 2.36. The zero-order valence-electron chi connectivity index (χ0n) is 21.2. The highest BCUT2D eigenvalue weighted by atomic mass is 79.9. The van der Waals surface area contributed by atoms with Gasteiger partial charge in [0.15, 0.2) is 4.34 Å². The quantitative estimate of drug-likeness (QED) is 0.207. The second kappa shape index (κ2) is 12.1. The van der Waals surface area contributed by atoms with E-state index in [1.807, 2.05) is 30.3 Å². The van der Waals surface area contributed by atoms with Gasteiger partial charge >= 0.3 is 0 Å². The van der Waals surface area contributed by atoms with E-state index in [0.717, 1.165) is 63.9 Å². The van der Waals surface area contributed by atoms with E-state index in [4.69, 9.17) is 19.9 Å². The lowest BCUT2D eigenvalue weighted by molar-refractivity contribution is 0.468. The number of aromatic nitrogens is 4. The minimum atomic E-state index is 0.174. The normalized spacial score (nSPS) is 16.5. The molecule has 202 valence electrons. The smallest absolute Gasteiger partial charge is 0.231 e. The van der Waals surface area contributed by atoms with Crippen LogP contribution < -0.4 is 9.80 Å². The van der Waals surface area contributed by atoms with Crippen molar-refractivity contribution in [3.8, 4) is 5.75 Å². The Labute approximate surface area is 252 Å². The number of nitrogens with zero attached hydrogens (tertiary/aromatic N) is 7. The van der Waals surface area contributed by atoms with Gasteiger partial charge in [0.1, 0.15) is 5.75 Å². The fourth-order valence-electron chi connectivity index (χ4n) is 4.75. The Hall–Kier alpha value is -2.28. The van der Waals surface area contributed by atoms with E-state index in [-0.39, 0.29) is 5.75 Å². The van der Waals surface area contributed by atoms with Crippen molar-refractivity contribution < 1.29 is 5.11 Å². The third kappa shape index (κ3) is 6.39. The molecule has 0 bridgehead atoms. The maximum absolute atomic E-state index is 9.94. The number of benzene rings is 2. The van der Waals surface area contributed by atoms with Crippen LogP contribution in [0.2, 0.25) is 0 Å². The van der Waals surface area contributed by atoms with Crippen molar-refractivity contribution >= 4 is 89.0 Å². The van der Waals surface area contributed by atoms with Crippen molar-refractivity contribution in [1.82, 2.24) is 19.9 Å². The molecule has 2 aromatic carbocycles. The first-order valence-corrected chi connectivity index (χ1v) is 16.3. The molecular weight excluding hydrogens is 662 g/mol. The molecule has 1 N–H and O–H groups in total. The number of phenolic OH excluding ortho intramolecular Hbond substituents is 1. The molecule has 12 heteroatoms. The summed E-state index contributed by atoms with van der Waals surface area (Å²) < 4.78 is 3.19. The SMILES string of the molecule is Oc1c(Br)cc(C=Nc2ccc3nc(Sc4nc(N5CCCCC5)nc(N5CCCCC5)n4)sc3c2)cc1Br. The van der Waals surface area contributed by atoms with Gasteiger partial charge in [0.05, 0.1) is 24.8 Å². The number of fused-ring (bicyclic) bond motifs is 1. The highest BCUT2D eigenvalue weighted by Gasteiger charge is 2.21. The van der Waals surface area contributed by atoms with Gasteiger partial charge < -0.3 is 14.9 Å². The molecule has 0 spiro atoms. The maximum Gasteiger partial charge on any atom is 0.231 e. The summed E-state index contributed by atoms with van der Waals surface area (Å²) in [5.74, 6) is 1.75. The summed E-state index contributed by atoms with van der Waals surface area (Å²) in [5, 5.41) is 10.6. The van der Waals surface area contributed by atoms with Gasteiger partial charge in [-0.25, -0.2) is 4.98 Å². The van der Waals surface area contributed by atoms with Gasteiger partial charge in [-0.3, -0.25) is 4.99 Å². The number of rotatable bonds is 6. The van der Waals surface area contributed by atoms with Gasteiger partial charge in [0.25, 0.3) is 0 Å². The lowest BCUT2D eigenvalue weighted by Crippen LogP contribution is -2.34. The van der Waals surface area contributed by atoms with Crippen LogP contribution >= 0.6 is 55.0 Å². The predicted octanol–water partition coefficient (Wildman–Crippen LogP) is 7.59. The molecule has 8 nitrogen and oxygen atoms in total. The van der Waals surface area contributed by atoms with Gasteiger partial charge in [-0.15, -0.1) is 11.3 Å². The zero-order valence-corrected chi connectivity index (χ0v) is 26.0. The van der Waals surface area contributed by atoms with E-state index in [0.29, 0.717) is 14.1 Å². The second-order valence-corrected chi connectivity index (χ2v) is 13.6. The average Bonchev–Trinajstić information content (AvgIpc) is 3.37. The van der Waals surface area contributed by atoms with E-state index >= 15 is 0 Å². The van der Waals surface area contributed by atoms with Crippen molar-refractivity contribution in [2.24, 2.45) is 4.99 Å². The number of piperidine rings is 2. The van der Waals surface area contributed by atoms with E-state index < -0.39 is 0 Å². The van der Waals surface area contributed by atoms with Crippen LogP contribution in [0, 0.1) is 0 Å². The number of phenols is 1. The molecule has 39 heavy (non-hydrogen) atoms. The maximum atomic E-state index is 9.94. The molecular formula is C27H27Br2N7OS2. The van der Waals surface area contributed by atoms with Crippen LogP contribution in [-0.2, 0) is 0 Å². The molecule has 0 atom stereocenters. The van der Waals surface area contributed by atoms with Crippen molar-refractivity contribution in [3.05, 3.63) is 44.8 Å². The van der Waals surface area contributed by atoms with Gasteiger partial charge in [-0.05, 0) is 118 Å². The summed E-state index contributed by atoms with van der Waals surface area (Å²) in [5.41, 5.74) is 2.64. The average molecular weight is 690 g/mol. The summed E-state index contributed by atoms with van der Waals surface area (Å²) in [6.07, 6.45) is 9.03. The van der Waals surface area contributed by atoms with Crippen molar-refractivity contribution in [2.45, 2.75) is 48.0 Å². The first kappa shape index (κ1) is 26.9. The van der Waals surface area contributed by atoms with Gasteiger partial charge in [0, 0.05) is 32.4 Å². The third-order valence-corrected chi connectivity index (χ3v) is 9.95. The fraction of sp³-hybridized carbons (Fsp3) is 0.370. The molecule has 4 aromatic rings. The molecule has 4 heterocycles. The van der Waals surface area contributed by atoms with Crippen LogP contribution in [0.25, 0.3) is 10.2 Å². The van der Waals surface area contributed by atoms with Gasteiger partial charge in [0.2, 0.25) is 17.1 Å². The molecule has 2 fully saturated rings. The van der Waals surface area contributed by atoms with Crippen LogP contribution in [0.4, 0.5) is 17.6 Å². The molecule has 2 aliphatic rings. The third-order valence-electron chi connectivity index (χ3n) is 6.80. The standard InChI is InChI=1S/C27H27Br2N7OS2/c28-19-13-17(14-20(29)23(19)37)16-30-18-7-8-21-22(15-18)38-27(31-21)39-26-33-24(35-9-3-1-4-10-35)32-25(34-26)36-11-5-2-6-12-36/h7-8,13-16,37H,1-6,9-12H2. The van der Waals surface area contributed by atoms with E-state index in [1.165, 1.54) is 50.3 Å². The largest absolute Gasteiger partial charge is 0.506 e. The summed E-state index contributed by atoms with van der Waals surface area (Å²) in [6, 6.07) is 9.66. The first-order chi connectivity index (χ1) is 19.0. The molecule has 2 aliphatic heterocycles. The summed E-state index contributed by atoms with van der Waals surface area (Å²) >= 11 is 9.87. The Morgan fingerprint density at radius 3 is 2.05 bits per heavy atom. The Morgan fingerprint density at radius 2 is 1.44 bits per heavy atom. The van der Waals surface area contributed by atoms with Crippen molar-refractivity contribution in [1.29, 1.82) is 0 Å². The summed E-state index contributed by atoms with van der Waals surface area (Å²) in [7, 11) is 0. The van der Waals surface area contributed by atoms with E-state index in [1.54, 1.807) is 17.6 Å². The highest BCUT2D eigenvalue weighted by molar-refractivity contribution is 9.11. The molecule has 0 radical (unpaired) electrons. The Bertz CT molecular complexity index is 1460. The number of thiazole rings is 1. The number of hydrogen-bond donors (Lipinski definition) is 1. The Kier molecular flexibility index (Phi) is 8.33. The first-order valence-electron chi connectivity index (χ1n) is 13.1. The predicted molar refractivity (Wildman–Crippen MR) is 166 cm³/mol. The van der Waals surface area contributed by atoms with Crippen LogP contribution in [0.15, 0.2) is 53.8 Å². The van der Waals surface area contributed by atoms with E-state index in [9.17, 15) is 5.11 Å². The van der Waals surface area contributed by atoms with Crippen LogP contribution in [0.1, 0.15) is 44.1 Å². The van der Waals surface area contributed by atoms with Gasteiger partial charge in [-0.1, -0.05) is 0 Å². The number of hydrogen-bond acceptors (Lipinski definition) is 10. The Balaban J connectivity index is 1.25. The minimum absolute atomic E-state index is 0.174. The van der Waals surface area contributed by atoms with Crippen LogP contribution in [0.5, 0.6) is 5.75 Å². The lowest BCUT2D eigenvalue weighted by Gasteiger charge is -2.30. The van der Waals surface area contributed by atoms with E-state index in [2.05, 4.69) is 46.7 Å².